The Hall–Kier alpha value is -2.36. The summed E-state index contributed by atoms with van der Waals surface area (Å²) in [6.07, 6.45) is 28.6. The Morgan fingerprint density at radius 1 is 0.250 bits per heavy atom. The first-order valence-electron chi connectivity index (χ1n) is 31.2. The average molecular weight is 1090 g/mol. The van der Waals surface area contributed by atoms with Gasteiger partial charge in [-0.1, -0.05) is 184 Å². The van der Waals surface area contributed by atoms with E-state index in [2.05, 4.69) is 65.2 Å². The lowest BCUT2D eigenvalue weighted by Gasteiger charge is -2.21. The zero-order valence-corrected chi connectivity index (χ0v) is 50.6. The lowest BCUT2D eigenvalue weighted by molar-refractivity contribution is -0.146. The lowest BCUT2D eigenvalue weighted by atomic mass is 10.0. The van der Waals surface area contributed by atoms with Gasteiger partial charge in [0.25, 0.3) is 0 Å². The first-order valence-corrected chi connectivity index (χ1v) is 31.2. The molecule has 14 heteroatoms. The molecular formula is C62H120N2O12. The summed E-state index contributed by atoms with van der Waals surface area (Å²) >= 11 is 0. The molecule has 0 atom stereocenters. The van der Waals surface area contributed by atoms with Gasteiger partial charge >= 0.3 is 23.9 Å². The Kier molecular flexibility index (Phi) is 54.2. The van der Waals surface area contributed by atoms with Gasteiger partial charge in [-0.05, 0) is 49.4 Å². The van der Waals surface area contributed by atoms with Crippen LogP contribution in [0.5, 0.6) is 0 Å². The van der Waals surface area contributed by atoms with Crippen LogP contribution in [0, 0.1) is 23.7 Å². The molecule has 0 aromatic heterocycles. The number of rotatable bonds is 59. The molecule has 0 aliphatic rings. The molecule has 76 heavy (non-hydrogen) atoms. The van der Waals surface area contributed by atoms with Gasteiger partial charge in [0, 0.05) is 39.3 Å². The highest BCUT2D eigenvalue weighted by Gasteiger charge is 2.15. The number of nitrogens with zero attached hydrogens (tertiary/aromatic N) is 2. The van der Waals surface area contributed by atoms with E-state index in [0.29, 0.717) is 119 Å². The minimum absolute atomic E-state index is 0.209. The van der Waals surface area contributed by atoms with Crippen LogP contribution in [0.25, 0.3) is 0 Å². The Bertz CT molecular complexity index is 1120. The topological polar surface area (TPSA) is 149 Å². The van der Waals surface area contributed by atoms with E-state index in [1.54, 1.807) is 0 Å². The summed E-state index contributed by atoms with van der Waals surface area (Å²) in [5.74, 6) is 2.15. The third-order valence-corrected chi connectivity index (χ3v) is 13.5. The number of carbonyl (C=O) groups excluding carboxylic acids is 4. The molecule has 0 N–H and O–H groups in total. The van der Waals surface area contributed by atoms with Crippen LogP contribution in [0.2, 0.25) is 0 Å². The molecule has 0 aliphatic heterocycles. The van der Waals surface area contributed by atoms with Crippen molar-refractivity contribution in [3.63, 3.8) is 0 Å². The summed E-state index contributed by atoms with van der Waals surface area (Å²) < 4.78 is 45.3. The second kappa shape index (κ2) is 55.9. The number of unbranched alkanes of at least 4 members (excludes halogenated alkanes) is 16. The maximum Gasteiger partial charge on any atom is 0.307 e. The van der Waals surface area contributed by atoms with Crippen molar-refractivity contribution in [2.24, 2.45) is 23.7 Å². The van der Waals surface area contributed by atoms with E-state index in [1.807, 2.05) is 0 Å². The zero-order chi connectivity index (χ0) is 56.0. The van der Waals surface area contributed by atoms with E-state index in [4.69, 9.17) is 37.9 Å². The monoisotopic (exact) mass is 1080 g/mol. The fourth-order valence-electron chi connectivity index (χ4n) is 8.59. The van der Waals surface area contributed by atoms with Gasteiger partial charge in [0.1, 0.15) is 0 Å². The molecule has 0 unspecified atom stereocenters. The van der Waals surface area contributed by atoms with Crippen LogP contribution in [0.4, 0.5) is 0 Å². The predicted molar refractivity (Wildman–Crippen MR) is 309 cm³/mol. The third-order valence-electron chi connectivity index (χ3n) is 13.5. The fourth-order valence-corrected chi connectivity index (χ4v) is 8.59. The molecule has 0 bridgehead atoms. The Balaban J connectivity index is 4.55. The van der Waals surface area contributed by atoms with Crippen molar-refractivity contribution >= 4 is 23.9 Å². The van der Waals surface area contributed by atoms with Gasteiger partial charge in [-0.3, -0.25) is 29.0 Å². The maximum absolute atomic E-state index is 12.6. The minimum Gasteiger partial charge on any atom is -0.466 e. The minimum atomic E-state index is -0.209. The predicted octanol–water partition coefficient (Wildman–Crippen LogP) is 13.4. The van der Waals surface area contributed by atoms with Gasteiger partial charge < -0.3 is 37.9 Å². The third kappa shape index (κ3) is 57.8. The highest BCUT2D eigenvalue weighted by atomic mass is 16.6. The van der Waals surface area contributed by atoms with Crippen LogP contribution in [0.15, 0.2) is 0 Å². The fraction of sp³-hybridized carbons (Fsp3) is 0.935. The van der Waals surface area contributed by atoms with E-state index >= 15 is 0 Å². The number of esters is 4. The quantitative estimate of drug-likeness (QED) is 0.0323. The molecule has 0 radical (unpaired) electrons. The molecule has 0 fully saturated rings. The number of hydrogen-bond donors (Lipinski definition) is 0. The van der Waals surface area contributed by atoms with E-state index < -0.39 is 0 Å². The summed E-state index contributed by atoms with van der Waals surface area (Å²) in [6, 6.07) is 0. The van der Waals surface area contributed by atoms with E-state index in [0.717, 1.165) is 75.0 Å². The molecule has 0 aromatic carbocycles. The van der Waals surface area contributed by atoms with Crippen molar-refractivity contribution in [3.05, 3.63) is 0 Å². The SMILES string of the molecule is CC(C)CCCCCCCOC(=O)CCN(CCOCCOCCOCCOCCN(CCC(=O)OCCCCCCCC(C)C)CCC(=O)OCCCCCCCC(C)C)CCC(=O)OCCCCCCCC(C)C. The average Bonchev–Trinajstić information content (AvgIpc) is 3.37. The van der Waals surface area contributed by atoms with Crippen LogP contribution >= 0.6 is 0 Å². The van der Waals surface area contributed by atoms with E-state index in [1.165, 1.54) is 103 Å². The van der Waals surface area contributed by atoms with Crippen LogP contribution in [0.1, 0.15) is 235 Å². The molecule has 0 rings (SSSR count). The van der Waals surface area contributed by atoms with Gasteiger partial charge in [0.15, 0.2) is 0 Å². The van der Waals surface area contributed by atoms with E-state index in [9.17, 15) is 19.2 Å². The molecule has 0 aromatic rings. The molecule has 0 heterocycles. The Labute approximate surface area is 466 Å². The second-order valence-corrected chi connectivity index (χ2v) is 22.8. The van der Waals surface area contributed by atoms with Crippen molar-refractivity contribution in [1.82, 2.24) is 9.80 Å². The number of hydrogen-bond acceptors (Lipinski definition) is 14. The van der Waals surface area contributed by atoms with Crippen molar-refractivity contribution in [1.29, 1.82) is 0 Å². The largest absolute Gasteiger partial charge is 0.466 e. The lowest BCUT2D eigenvalue weighted by Crippen LogP contribution is -2.33. The Morgan fingerprint density at radius 3 is 0.671 bits per heavy atom. The number of carbonyl (C=O) groups is 4. The van der Waals surface area contributed by atoms with Gasteiger partial charge in [-0.2, -0.15) is 0 Å². The highest BCUT2D eigenvalue weighted by Crippen LogP contribution is 2.14. The first-order chi connectivity index (χ1) is 36.8. The molecule has 0 amide bonds. The van der Waals surface area contributed by atoms with Crippen LogP contribution in [-0.2, 0) is 57.1 Å². The number of ether oxygens (including phenoxy) is 8. The molecular weight excluding hydrogens is 965 g/mol. The van der Waals surface area contributed by atoms with E-state index in [-0.39, 0.29) is 49.6 Å². The summed E-state index contributed by atoms with van der Waals surface area (Å²) in [7, 11) is 0. The maximum atomic E-state index is 12.6. The van der Waals surface area contributed by atoms with Crippen molar-refractivity contribution in [2.75, 3.05) is 119 Å². The summed E-state index contributed by atoms with van der Waals surface area (Å²) in [6.45, 7) is 26.4. The molecule has 450 valence electrons. The molecule has 14 nitrogen and oxygen atoms in total. The zero-order valence-electron chi connectivity index (χ0n) is 50.6. The summed E-state index contributed by atoms with van der Waals surface area (Å²) in [5, 5.41) is 0. The first kappa shape index (κ1) is 73.6. The highest BCUT2D eigenvalue weighted by molar-refractivity contribution is 5.71. The standard InChI is InChI=1S/C62H120N2O12/c1-55(2)29-21-13-9-17-25-43-73-59(65)33-37-63(38-34-60(66)74-44-26-18-10-14-22-30-56(3)4)41-47-69-49-51-71-53-54-72-52-50-70-48-42-64(39-35-61(67)75-45-27-19-11-15-23-31-57(5)6)40-36-62(68)76-46-28-20-12-16-24-32-58(7)8/h55-58H,9-54H2,1-8H3. The summed E-state index contributed by atoms with van der Waals surface area (Å²) in [5.41, 5.74) is 0. The second-order valence-electron chi connectivity index (χ2n) is 22.8. The molecule has 0 spiro atoms. The van der Waals surface area contributed by atoms with Crippen molar-refractivity contribution in [2.45, 2.75) is 235 Å². The van der Waals surface area contributed by atoms with Crippen LogP contribution in [0.3, 0.4) is 0 Å². The van der Waals surface area contributed by atoms with Gasteiger partial charge in [-0.25, -0.2) is 0 Å². The normalized spacial score (nSPS) is 11.8. The van der Waals surface area contributed by atoms with Gasteiger partial charge in [0.05, 0.1) is 105 Å². The van der Waals surface area contributed by atoms with Crippen molar-refractivity contribution in [3.8, 4) is 0 Å². The Morgan fingerprint density at radius 2 is 0.447 bits per heavy atom. The van der Waals surface area contributed by atoms with Crippen LogP contribution in [-0.4, -0.2) is 152 Å². The van der Waals surface area contributed by atoms with Crippen molar-refractivity contribution < 1.29 is 57.1 Å². The molecule has 0 saturated heterocycles. The molecule has 0 aliphatic carbocycles. The van der Waals surface area contributed by atoms with Crippen LogP contribution < -0.4 is 0 Å². The molecule has 0 saturated carbocycles. The summed E-state index contributed by atoms with van der Waals surface area (Å²) in [4.78, 5) is 54.5. The van der Waals surface area contributed by atoms with Gasteiger partial charge in [0.2, 0.25) is 0 Å². The van der Waals surface area contributed by atoms with Gasteiger partial charge in [-0.15, -0.1) is 0 Å². The smallest absolute Gasteiger partial charge is 0.307 e.